The topological polar surface area (TPSA) is 71.3 Å². The van der Waals surface area contributed by atoms with Gasteiger partial charge in [0.1, 0.15) is 5.75 Å². The summed E-state index contributed by atoms with van der Waals surface area (Å²) in [4.78, 5) is 25.4. The van der Waals surface area contributed by atoms with Crippen LogP contribution in [0.4, 0.5) is 4.79 Å². The van der Waals surface area contributed by atoms with Crippen molar-refractivity contribution in [3.05, 3.63) is 69.9 Å². The summed E-state index contributed by atoms with van der Waals surface area (Å²) in [5, 5.41) is 0. The van der Waals surface area contributed by atoms with Crippen LogP contribution in [0.3, 0.4) is 0 Å². The van der Waals surface area contributed by atoms with Crippen LogP contribution in [0.1, 0.15) is 60.4 Å². The molecule has 36 heavy (non-hydrogen) atoms. The monoisotopic (exact) mass is 490 g/mol. The van der Waals surface area contributed by atoms with Crippen LogP contribution in [0.2, 0.25) is 0 Å². The van der Waals surface area contributed by atoms with Crippen molar-refractivity contribution >= 4 is 6.03 Å². The van der Waals surface area contributed by atoms with Gasteiger partial charge in [-0.1, -0.05) is 42.3 Å². The van der Waals surface area contributed by atoms with Gasteiger partial charge in [-0.15, -0.1) is 0 Å². The van der Waals surface area contributed by atoms with Crippen molar-refractivity contribution in [1.29, 1.82) is 0 Å². The molecule has 2 N–H and O–H groups in total. The van der Waals surface area contributed by atoms with Crippen LogP contribution in [0, 0.1) is 13.8 Å². The lowest BCUT2D eigenvalue weighted by molar-refractivity contribution is 0.0888. The van der Waals surface area contributed by atoms with Crippen molar-refractivity contribution < 1.29 is 14.4 Å². The molecule has 0 radical (unpaired) electrons. The number of benzene rings is 2. The zero-order chi connectivity index (χ0) is 25.6. The van der Waals surface area contributed by atoms with E-state index in [1.165, 1.54) is 16.7 Å². The van der Waals surface area contributed by atoms with Gasteiger partial charge < -0.3 is 14.5 Å². The molecule has 0 unspecified atom stereocenters. The van der Waals surface area contributed by atoms with Gasteiger partial charge in [0.25, 0.3) is 0 Å². The number of likely N-dealkylation sites (tertiary alicyclic amines) is 1. The number of fused-ring (bicyclic) bond motifs is 3. The van der Waals surface area contributed by atoms with E-state index in [1.807, 2.05) is 17.0 Å². The van der Waals surface area contributed by atoms with Gasteiger partial charge >= 0.3 is 6.03 Å². The number of urea groups is 1. The highest BCUT2D eigenvalue weighted by molar-refractivity contribution is 5.83. The molecule has 1 atom stereocenters. The van der Waals surface area contributed by atoms with Crippen LogP contribution in [0.15, 0.2) is 42.1 Å². The van der Waals surface area contributed by atoms with Gasteiger partial charge in [0.15, 0.2) is 5.75 Å². The molecule has 2 amide bonds. The number of methoxy groups -OCH3 is 1. The summed E-state index contributed by atoms with van der Waals surface area (Å²) in [6, 6.07) is 10.6. The maximum atomic E-state index is 13.8. The molecule has 2 saturated heterocycles. The highest BCUT2D eigenvalue weighted by Crippen LogP contribution is 2.49. The van der Waals surface area contributed by atoms with Gasteiger partial charge in [0, 0.05) is 49.4 Å². The van der Waals surface area contributed by atoms with Crippen molar-refractivity contribution in [2.45, 2.75) is 65.1 Å². The second kappa shape index (κ2) is 9.45. The van der Waals surface area contributed by atoms with E-state index in [0.29, 0.717) is 18.8 Å². The third kappa shape index (κ3) is 4.04. The zero-order valence-corrected chi connectivity index (χ0v) is 22.1. The minimum atomic E-state index is -0.276. The van der Waals surface area contributed by atoms with Crippen LogP contribution in [0.5, 0.6) is 11.5 Å². The Labute approximate surface area is 214 Å². The number of hydrogen-bond donors (Lipinski definition) is 1. The molecule has 3 aliphatic rings. The summed E-state index contributed by atoms with van der Waals surface area (Å²) in [6.07, 6.45) is 4.15. The Morgan fingerprint density at radius 3 is 2.39 bits per heavy atom. The average Bonchev–Trinajstić information content (AvgIpc) is 2.95. The van der Waals surface area contributed by atoms with E-state index in [4.69, 9.17) is 15.5 Å². The largest absolute Gasteiger partial charge is 0.496 e. The number of aryl methyl sites for hydroxylation is 2. The highest BCUT2D eigenvalue weighted by atomic mass is 16.6. The van der Waals surface area contributed by atoms with Crippen molar-refractivity contribution in [1.82, 2.24) is 14.7 Å². The number of ether oxygens (including phenoxy) is 1. The Hall–Kier alpha value is -3.03. The minimum absolute atomic E-state index is 0.0876. The van der Waals surface area contributed by atoms with Crippen molar-refractivity contribution in [3.63, 3.8) is 0 Å². The van der Waals surface area contributed by atoms with Gasteiger partial charge in [-0.25, -0.2) is 4.79 Å². The quantitative estimate of drug-likeness (QED) is 0.606. The Morgan fingerprint density at radius 1 is 1.08 bits per heavy atom. The molecule has 7 nitrogen and oxygen atoms in total. The second-order valence-electron chi connectivity index (χ2n) is 10.6. The Bertz CT molecular complexity index is 1180. The molecule has 5 rings (SSSR count). The predicted molar refractivity (Wildman–Crippen MR) is 141 cm³/mol. The number of allylic oxidation sites excluding steroid dienone is 1. The molecular weight excluding hydrogens is 452 g/mol. The molecule has 7 heteroatoms. The average molecular weight is 491 g/mol. The van der Waals surface area contributed by atoms with Gasteiger partial charge in [0.2, 0.25) is 0 Å². The fraction of sp³-hybridized carbons (Fsp3) is 0.483. The van der Waals surface area contributed by atoms with Crippen molar-refractivity contribution in [3.8, 4) is 11.5 Å². The first kappa shape index (κ1) is 24.7. The molecule has 1 spiro atoms. The van der Waals surface area contributed by atoms with Crippen LogP contribution in [0.25, 0.3) is 0 Å². The third-order valence-corrected chi connectivity index (χ3v) is 8.18. The fourth-order valence-electron chi connectivity index (χ4n) is 6.71. The maximum absolute atomic E-state index is 13.8. The molecule has 0 aromatic heterocycles. The first-order valence-electron chi connectivity index (χ1n) is 13.0. The van der Waals surface area contributed by atoms with E-state index < -0.39 is 0 Å². The first-order chi connectivity index (χ1) is 17.3. The number of nitrogens with two attached hydrogens (primary N) is 1. The molecule has 2 fully saturated rings. The maximum Gasteiger partial charge on any atom is 0.325 e. The summed E-state index contributed by atoms with van der Waals surface area (Å²) in [5.74, 6) is 6.87. The highest BCUT2D eigenvalue weighted by Gasteiger charge is 2.54. The normalized spacial score (nSPS) is 21.2. The summed E-state index contributed by atoms with van der Waals surface area (Å²) < 4.78 is 5.71. The lowest BCUT2D eigenvalue weighted by atomic mass is 9.82. The molecule has 3 aliphatic heterocycles. The van der Waals surface area contributed by atoms with E-state index in [2.05, 4.69) is 61.8 Å². The number of amides is 2. The van der Waals surface area contributed by atoms with E-state index >= 15 is 0 Å². The van der Waals surface area contributed by atoms with E-state index in [9.17, 15) is 4.79 Å². The summed E-state index contributed by atoms with van der Waals surface area (Å²) in [5.41, 5.74) is 6.96. The number of likely N-dealkylation sites (N-methyl/N-ethyl adjacent to an activating group) is 1. The summed E-state index contributed by atoms with van der Waals surface area (Å²) in [7, 11) is 1.67. The number of carbonyl (C=O) groups is 1. The molecule has 2 aromatic rings. The number of hydrogen-bond acceptors (Lipinski definition) is 5. The van der Waals surface area contributed by atoms with Gasteiger partial charge in [-0.2, -0.15) is 5.90 Å². The first-order valence-corrected chi connectivity index (χ1v) is 13.0. The van der Waals surface area contributed by atoms with Gasteiger partial charge in [-0.05, 0) is 50.8 Å². The van der Waals surface area contributed by atoms with Crippen LogP contribution < -0.4 is 15.5 Å². The van der Waals surface area contributed by atoms with Crippen molar-refractivity contribution in [2.75, 3.05) is 26.7 Å². The minimum Gasteiger partial charge on any atom is -0.496 e. The zero-order valence-electron chi connectivity index (χ0n) is 22.1. The molecule has 0 bridgehead atoms. The van der Waals surface area contributed by atoms with Gasteiger partial charge in [0.05, 0.1) is 19.2 Å². The van der Waals surface area contributed by atoms with Crippen LogP contribution in [-0.4, -0.2) is 53.0 Å². The second-order valence-corrected chi connectivity index (χ2v) is 10.6. The predicted octanol–water partition coefficient (Wildman–Crippen LogP) is 4.86. The third-order valence-electron chi connectivity index (χ3n) is 8.18. The van der Waals surface area contributed by atoms with Crippen LogP contribution in [-0.2, 0) is 13.1 Å². The molecule has 0 aliphatic carbocycles. The number of rotatable bonds is 5. The molecular formula is C29H38N4O3. The SMILES string of the molecule is CCN1C(=O)N2Cc3cc(ON)cc(OC)c3[C@@H](C)C=C2C12CCN(Cc1cc(C)cc(C)c1)CC2. The summed E-state index contributed by atoms with van der Waals surface area (Å²) >= 11 is 0. The number of piperidine rings is 1. The molecule has 3 heterocycles. The Morgan fingerprint density at radius 2 is 1.78 bits per heavy atom. The summed E-state index contributed by atoms with van der Waals surface area (Å²) in [6.45, 7) is 12.6. The smallest absolute Gasteiger partial charge is 0.325 e. The number of nitrogens with zero attached hydrogens (tertiary/aromatic N) is 3. The Balaban J connectivity index is 1.46. The van der Waals surface area contributed by atoms with Crippen molar-refractivity contribution in [2.24, 2.45) is 5.90 Å². The molecule has 192 valence electrons. The van der Waals surface area contributed by atoms with Gasteiger partial charge in [-0.3, -0.25) is 9.80 Å². The molecule has 2 aromatic carbocycles. The molecule has 0 saturated carbocycles. The van der Waals surface area contributed by atoms with E-state index in [1.54, 1.807) is 7.11 Å². The van der Waals surface area contributed by atoms with E-state index in [0.717, 1.165) is 55.0 Å². The van der Waals surface area contributed by atoms with E-state index in [-0.39, 0.29) is 17.5 Å². The number of carbonyl (C=O) groups excluding carboxylic acids is 1. The lowest BCUT2D eigenvalue weighted by Crippen LogP contribution is -2.53. The van der Waals surface area contributed by atoms with Crippen LogP contribution >= 0.6 is 0 Å². The lowest BCUT2D eigenvalue weighted by Gasteiger charge is -2.44. The standard InChI is InChI=1S/C29H38N4O3/c1-6-33-28(34)32-18-23-15-24(36-30)16-25(35-5)27(23)21(4)14-26(32)29(33)7-9-31(10-8-29)17-22-12-19(2)11-20(3)13-22/h11-16,21H,6-10,17-18,30H2,1-5H3/t21-/m0/s1. The Kier molecular flexibility index (Phi) is 6.47. The fourth-order valence-corrected chi connectivity index (χ4v) is 6.71.